The molecular formula is C23H11Br2N3O8. The third-order valence-corrected chi connectivity index (χ3v) is 5.83. The van der Waals surface area contributed by atoms with Gasteiger partial charge in [0.05, 0.1) is 19.9 Å². The van der Waals surface area contributed by atoms with Crippen molar-refractivity contribution in [3.63, 3.8) is 0 Å². The highest BCUT2D eigenvalue weighted by atomic mass is 79.9. The van der Waals surface area contributed by atoms with Crippen molar-refractivity contribution < 1.29 is 28.9 Å². The lowest BCUT2D eigenvalue weighted by molar-refractivity contribution is -0.385. The maximum atomic E-state index is 12.7. The SMILES string of the molecule is O=C1OC(c2ccc([N+](=O)[O-])cc2)=N/C1=C\c1cc(Br)cc(Br)c1OC(=O)c1ccc([N+](=O)[O-])cc1. The largest absolute Gasteiger partial charge is 0.421 e. The van der Waals surface area contributed by atoms with Gasteiger partial charge in [-0.3, -0.25) is 20.2 Å². The number of hydrogen-bond acceptors (Lipinski definition) is 9. The fourth-order valence-corrected chi connectivity index (χ4v) is 4.41. The molecule has 3 aromatic carbocycles. The van der Waals surface area contributed by atoms with Crippen molar-refractivity contribution in [3.8, 4) is 5.75 Å². The quantitative estimate of drug-likeness (QED) is 0.114. The van der Waals surface area contributed by atoms with E-state index in [1.54, 1.807) is 12.1 Å². The zero-order valence-corrected chi connectivity index (χ0v) is 20.9. The third-order valence-electron chi connectivity index (χ3n) is 4.78. The number of aliphatic imine (C=N–C) groups is 1. The normalized spacial score (nSPS) is 13.8. The number of non-ortho nitro benzene ring substituents is 2. The summed E-state index contributed by atoms with van der Waals surface area (Å²) in [6, 6.07) is 13.4. The summed E-state index contributed by atoms with van der Waals surface area (Å²) in [6.45, 7) is 0. The number of rotatable bonds is 6. The Morgan fingerprint density at radius 3 is 2.11 bits per heavy atom. The van der Waals surface area contributed by atoms with E-state index in [0.717, 1.165) is 0 Å². The molecule has 4 rings (SSSR count). The van der Waals surface area contributed by atoms with Crippen LogP contribution < -0.4 is 4.74 Å². The highest BCUT2D eigenvalue weighted by molar-refractivity contribution is 9.11. The Hall–Kier alpha value is -4.23. The number of esters is 2. The van der Waals surface area contributed by atoms with Crippen LogP contribution in [0.15, 0.2) is 80.3 Å². The van der Waals surface area contributed by atoms with Crippen LogP contribution in [-0.2, 0) is 9.53 Å². The number of hydrogen-bond donors (Lipinski definition) is 0. The van der Waals surface area contributed by atoms with E-state index in [1.807, 2.05) is 0 Å². The number of halogens is 2. The Labute approximate surface area is 218 Å². The smallest absolute Gasteiger partial charge is 0.363 e. The van der Waals surface area contributed by atoms with Gasteiger partial charge in [-0.25, -0.2) is 14.6 Å². The maximum Gasteiger partial charge on any atom is 0.363 e. The van der Waals surface area contributed by atoms with Crippen molar-refractivity contribution in [3.05, 3.63) is 112 Å². The van der Waals surface area contributed by atoms with Crippen LogP contribution >= 0.6 is 31.9 Å². The zero-order chi connectivity index (χ0) is 26.0. The lowest BCUT2D eigenvalue weighted by atomic mass is 10.1. The van der Waals surface area contributed by atoms with Gasteiger partial charge < -0.3 is 9.47 Å². The minimum atomic E-state index is -0.781. The summed E-state index contributed by atoms with van der Waals surface area (Å²) in [7, 11) is 0. The molecule has 1 aliphatic rings. The molecular weight excluding hydrogens is 606 g/mol. The van der Waals surface area contributed by atoms with Crippen LogP contribution in [0.3, 0.4) is 0 Å². The molecule has 1 aliphatic heterocycles. The number of carbonyl (C=O) groups excluding carboxylic acids is 2. The van der Waals surface area contributed by atoms with Crippen molar-refractivity contribution in [2.45, 2.75) is 0 Å². The number of benzene rings is 3. The van der Waals surface area contributed by atoms with E-state index in [4.69, 9.17) is 9.47 Å². The second-order valence-electron chi connectivity index (χ2n) is 7.14. The molecule has 0 atom stereocenters. The fraction of sp³-hybridized carbons (Fsp3) is 0. The molecule has 0 saturated carbocycles. The van der Waals surface area contributed by atoms with Gasteiger partial charge in [0, 0.05) is 39.9 Å². The number of carbonyl (C=O) groups is 2. The molecule has 0 aromatic heterocycles. The predicted molar refractivity (Wildman–Crippen MR) is 134 cm³/mol. The Morgan fingerprint density at radius 1 is 0.944 bits per heavy atom. The molecule has 0 N–H and O–H groups in total. The molecule has 0 amide bonds. The molecule has 0 unspecified atom stereocenters. The minimum Gasteiger partial charge on any atom is -0.421 e. The van der Waals surface area contributed by atoms with Crippen molar-refractivity contribution in [1.29, 1.82) is 0 Å². The summed E-state index contributed by atoms with van der Waals surface area (Å²) in [4.78, 5) is 49.9. The Bertz CT molecular complexity index is 1480. The van der Waals surface area contributed by atoms with Crippen LogP contribution in [0.2, 0.25) is 0 Å². The first-order chi connectivity index (χ1) is 17.1. The summed E-state index contributed by atoms with van der Waals surface area (Å²) in [5.74, 6) is -1.52. The molecule has 11 nitrogen and oxygen atoms in total. The Morgan fingerprint density at radius 2 is 1.53 bits per heavy atom. The molecule has 0 spiro atoms. The maximum absolute atomic E-state index is 12.7. The topological polar surface area (TPSA) is 151 Å². The second kappa shape index (κ2) is 10.2. The summed E-state index contributed by atoms with van der Waals surface area (Å²) < 4.78 is 11.7. The summed E-state index contributed by atoms with van der Waals surface area (Å²) >= 11 is 6.67. The van der Waals surface area contributed by atoms with E-state index in [1.165, 1.54) is 54.6 Å². The highest BCUT2D eigenvalue weighted by Crippen LogP contribution is 2.36. The van der Waals surface area contributed by atoms with Crippen molar-refractivity contribution in [2.24, 2.45) is 4.99 Å². The summed E-state index contributed by atoms with van der Waals surface area (Å²) in [5, 5.41) is 21.7. The fourth-order valence-electron chi connectivity index (χ4n) is 3.07. The van der Waals surface area contributed by atoms with E-state index in [-0.39, 0.29) is 34.3 Å². The molecule has 180 valence electrons. The lowest BCUT2D eigenvalue weighted by Gasteiger charge is -2.11. The van der Waals surface area contributed by atoms with Crippen LogP contribution in [-0.4, -0.2) is 27.7 Å². The van der Waals surface area contributed by atoms with E-state index >= 15 is 0 Å². The molecule has 0 radical (unpaired) electrons. The zero-order valence-electron chi connectivity index (χ0n) is 17.7. The van der Waals surface area contributed by atoms with Gasteiger partial charge in [0.2, 0.25) is 5.90 Å². The first-order valence-corrected chi connectivity index (χ1v) is 11.4. The molecule has 3 aromatic rings. The van der Waals surface area contributed by atoms with Gasteiger partial charge in [-0.15, -0.1) is 0 Å². The standard InChI is InChI=1S/C23H11Br2N3O8/c24-15-9-14(10-19-23(30)36-21(26-19)12-1-5-16(6-2-12)27(31)32)20(18(25)11-15)35-22(29)13-3-7-17(8-4-13)28(33)34/h1-11H/b19-10-. The van der Waals surface area contributed by atoms with Gasteiger partial charge >= 0.3 is 11.9 Å². The van der Waals surface area contributed by atoms with Crippen LogP contribution in [0.4, 0.5) is 11.4 Å². The summed E-state index contributed by atoms with van der Waals surface area (Å²) in [6.07, 6.45) is 1.36. The minimum absolute atomic E-state index is 0.0420. The van der Waals surface area contributed by atoms with Gasteiger partial charge in [0.15, 0.2) is 11.4 Å². The number of cyclic esters (lactones) is 1. The van der Waals surface area contributed by atoms with Crippen LogP contribution in [0.25, 0.3) is 6.08 Å². The number of nitrogens with zero attached hydrogens (tertiary/aromatic N) is 3. The molecule has 13 heteroatoms. The molecule has 0 fully saturated rings. The Balaban J connectivity index is 1.65. The van der Waals surface area contributed by atoms with Gasteiger partial charge in [0.25, 0.3) is 11.4 Å². The van der Waals surface area contributed by atoms with Gasteiger partial charge in [0.1, 0.15) is 0 Å². The van der Waals surface area contributed by atoms with E-state index in [9.17, 15) is 29.8 Å². The van der Waals surface area contributed by atoms with Gasteiger partial charge in [-0.1, -0.05) is 15.9 Å². The van der Waals surface area contributed by atoms with Crippen LogP contribution in [0.1, 0.15) is 21.5 Å². The number of ether oxygens (including phenoxy) is 2. The average Bonchev–Trinajstić information content (AvgIpc) is 3.21. The average molecular weight is 617 g/mol. The van der Waals surface area contributed by atoms with E-state index in [2.05, 4.69) is 36.9 Å². The van der Waals surface area contributed by atoms with Gasteiger partial charge in [-0.2, -0.15) is 0 Å². The van der Waals surface area contributed by atoms with E-state index < -0.39 is 21.8 Å². The molecule has 0 saturated heterocycles. The van der Waals surface area contributed by atoms with Gasteiger partial charge in [-0.05, 0) is 58.4 Å². The number of nitro groups is 2. The molecule has 1 heterocycles. The second-order valence-corrected chi connectivity index (χ2v) is 8.91. The van der Waals surface area contributed by atoms with E-state index in [0.29, 0.717) is 20.1 Å². The first-order valence-electron chi connectivity index (χ1n) is 9.85. The first kappa shape index (κ1) is 24.9. The third kappa shape index (κ3) is 5.37. The lowest BCUT2D eigenvalue weighted by Crippen LogP contribution is -2.10. The molecule has 0 aliphatic carbocycles. The summed E-state index contributed by atoms with van der Waals surface area (Å²) in [5.41, 5.74) is 0.333. The van der Waals surface area contributed by atoms with Crippen molar-refractivity contribution in [2.75, 3.05) is 0 Å². The van der Waals surface area contributed by atoms with Crippen molar-refractivity contribution in [1.82, 2.24) is 0 Å². The van der Waals surface area contributed by atoms with Crippen LogP contribution in [0.5, 0.6) is 5.75 Å². The monoisotopic (exact) mass is 615 g/mol. The Kier molecular flexibility index (Phi) is 7.03. The van der Waals surface area contributed by atoms with Crippen molar-refractivity contribution >= 4 is 67.1 Å². The predicted octanol–water partition coefficient (Wildman–Crippen LogP) is 5.59. The molecule has 36 heavy (non-hydrogen) atoms. The van der Waals surface area contributed by atoms with Crippen LogP contribution in [0, 0.1) is 20.2 Å². The molecule has 0 bridgehead atoms. The number of nitro benzene ring substituents is 2. The highest BCUT2D eigenvalue weighted by Gasteiger charge is 2.26.